The van der Waals surface area contributed by atoms with Crippen molar-refractivity contribution >= 4 is 39.5 Å². The molecule has 1 aromatic heterocycles. The number of rotatable bonds is 4. The largest absolute Gasteiger partial charge is 0.375 e. The molecule has 0 aromatic carbocycles. The molecule has 10 heteroatoms. The molecule has 2 rings (SSSR count). The number of nitrogens with zero attached hydrogens (tertiary/aromatic N) is 2. The lowest BCUT2D eigenvalue weighted by Gasteiger charge is -2.36. The van der Waals surface area contributed by atoms with Crippen LogP contribution >= 0.6 is 15.9 Å². The highest BCUT2D eigenvalue weighted by Crippen LogP contribution is 2.12. The van der Waals surface area contributed by atoms with Crippen molar-refractivity contribution in [1.29, 1.82) is 0 Å². The van der Waals surface area contributed by atoms with Crippen LogP contribution in [0.25, 0.3) is 0 Å². The molecule has 0 unspecified atom stereocenters. The van der Waals surface area contributed by atoms with Gasteiger partial charge in [0.1, 0.15) is 12.4 Å². The molecule has 0 radical (unpaired) electrons. The predicted molar refractivity (Wildman–Crippen MR) is 93.5 cm³/mol. The van der Waals surface area contributed by atoms with Crippen molar-refractivity contribution in [2.24, 2.45) is 5.73 Å². The average Bonchev–Trinajstić information content (AvgIpc) is 2.58. The molecule has 3 amide bonds. The molecule has 2 atom stereocenters. The van der Waals surface area contributed by atoms with Gasteiger partial charge < -0.3 is 26.0 Å². The van der Waals surface area contributed by atoms with Crippen LogP contribution in [0.3, 0.4) is 0 Å². The van der Waals surface area contributed by atoms with Crippen molar-refractivity contribution in [3.63, 3.8) is 0 Å². The minimum atomic E-state index is -0.820. The summed E-state index contributed by atoms with van der Waals surface area (Å²) in [6.45, 7) is 0.728. The lowest BCUT2D eigenvalue weighted by molar-refractivity contribution is -0.138. The number of hydrogen-bond donors (Lipinski definition) is 3. The molecule has 1 fully saturated rings. The molecule has 1 aliphatic heterocycles. The fraction of sp³-hybridized carbons (Fsp3) is 0.467. The van der Waals surface area contributed by atoms with E-state index < -0.39 is 17.9 Å². The molecule has 136 valence electrons. The van der Waals surface area contributed by atoms with Gasteiger partial charge in [-0.3, -0.25) is 14.4 Å². The number of carbonyl (C=O) groups excluding carboxylic acids is 3. The third-order valence-electron chi connectivity index (χ3n) is 3.77. The van der Waals surface area contributed by atoms with Crippen molar-refractivity contribution in [2.45, 2.75) is 18.5 Å². The molecule has 0 aliphatic carbocycles. The molecule has 0 bridgehead atoms. The molecular weight excluding hydrogens is 394 g/mol. The summed E-state index contributed by atoms with van der Waals surface area (Å²) in [7, 11) is 1.45. The van der Waals surface area contributed by atoms with E-state index in [2.05, 4.69) is 31.5 Å². The summed E-state index contributed by atoms with van der Waals surface area (Å²) in [5.74, 6) is -1.49. The van der Waals surface area contributed by atoms with E-state index >= 15 is 0 Å². The number of halogens is 1. The molecule has 9 nitrogen and oxygen atoms in total. The van der Waals surface area contributed by atoms with Crippen molar-refractivity contribution in [2.75, 3.05) is 32.1 Å². The third-order valence-corrected chi connectivity index (χ3v) is 4.24. The Balaban J connectivity index is 1.85. The van der Waals surface area contributed by atoms with E-state index in [4.69, 9.17) is 10.5 Å². The van der Waals surface area contributed by atoms with Crippen LogP contribution in [0.5, 0.6) is 0 Å². The maximum Gasteiger partial charge on any atom is 0.314 e. The zero-order chi connectivity index (χ0) is 18.4. The maximum absolute atomic E-state index is 12.0. The van der Waals surface area contributed by atoms with Crippen LogP contribution < -0.4 is 16.4 Å². The van der Waals surface area contributed by atoms with Gasteiger partial charge in [-0.05, 0) is 34.5 Å². The van der Waals surface area contributed by atoms with Crippen molar-refractivity contribution in [1.82, 2.24) is 15.2 Å². The molecule has 0 saturated carbocycles. The van der Waals surface area contributed by atoms with E-state index in [-0.39, 0.29) is 24.4 Å². The summed E-state index contributed by atoms with van der Waals surface area (Å²) in [4.78, 5) is 41.3. The van der Waals surface area contributed by atoms with Gasteiger partial charge >= 0.3 is 11.8 Å². The van der Waals surface area contributed by atoms with Crippen LogP contribution in [0.1, 0.15) is 6.42 Å². The van der Waals surface area contributed by atoms with Gasteiger partial charge in [0, 0.05) is 43.0 Å². The van der Waals surface area contributed by atoms with E-state index in [1.165, 1.54) is 13.3 Å². The minimum absolute atomic E-state index is 0.00760. The molecule has 1 aliphatic rings. The number of carbonyl (C=O) groups is 3. The van der Waals surface area contributed by atoms with Crippen molar-refractivity contribution in [3.8, 4) is 0 Å². The second kappa shape index (κ2) is 8.88. The van der Waals surface area contributed by atoms with Crippen LogP contribution in [0, 0.1) is 0 Å². The van der Waals surface area contributed by atoms with Gasteiger partial charge in [-0.15, -0.1) is 0 Å². The van der Waals surface area contributed by atoms with Crippen LogP contribution in [-0.4, -0.2) is 66.5 Å². The van der Waals surface area contributed by atoms with E-state index in [9.17, 15) is 14.4 Å². The number of anilines is 1. The first kappa shape index (κ1) is 19.3. The van der Waals surface area contributed by atoms with Crippen LogP contribution in [0.4, 0.5) is 5.82 Å². The Morgan fingerprint density at radius 1 is 1.40 bits per heavy atom. The van der Waals surface area contributed by atoms with Gasteiger partial charge in [0.2, 0.25) is 5.91 Å². The first-order chi connectivity index (χ1) is 11.9. The Labute approximate surface area is 153 Å². The Kier molecular flexibility index (Phi) is 6.85. The Morgan fingerprint density at radius 2 is 2.16 bits per heavy atom. The number of aromatic nitrogens is 1. The Hall–Kier alpha value is -2.04. The smallest absolute Gasteiger partial charge is 0.314 e. The van der Waals surface area contributed by atoms with Crippen molar-refractivity contribution < 1.29 is 19.1 Å². The number of pyridine rings is 1. The maximum atomic E-state index is 12.0. The summed E-state index contributed by atoms with van der Waals surface area (Å²) in [5.41, 5.74) is 6.02. The number of likely N-dealkylation sites (tertiary alicyclic amines) is 1. The predicted octanol–water partition coefficient (Wildman–Crippen LogP) is -0.527. The zero-order valence-electron chi connectivity index (χ0n) is 13.7. The molecule has 25 heavy (non-hydrogen) atoms. The molecule has 1 aromatic rings. The first-order valence-electron chi connectivity index (χ1n) is 7.66. The molecular formula is C15H20BrN5O4. The second-order valence-electron chi connectivity index (χ2n) is 5.62. The molecule has 4 N–H and O–H groups in total. The topological polar surface area (TPSA) is 127 Å². The number of amides is 3. The zero-order valence-corrected chi connectivity index (χ0v) is 15.3. The van der Waals surface area contributed by atoms with E-state index in [1.54, 1.807) is 17.0 Å². The number of hydrogen-bond acceptors (Lipinski definition) is 6. The normalized spacial score (nSPS) is 20.0. The quantitative estimate of drug-likeness (QED) is 0.569. The minimum Gasteiger partial charge on any atom is -0.375 e. The fourth-order valence-electron chi connectivity index (χ4n) is 2.46. The van der Waals surface area contributed by atoms with E-state index in [1.807, 2.05) is 0 Å². The summed E-state index contributed by atoms with van der Waals surface area (Å²) in [5, 5.41) is 5.02. The molecule has 1 saturated heterocycles. The summed E-state index contributed by atoms with van der Waals surface area (Å²) < 4.78 is 5.58. The summed E-state index contributed by atoms with van der Waals surface area (Å²) >= 11 is 3.23. The van der Waals surface area contributed by atoms with Gasteiger partial charge in [0.05, 0.1) is 0 Å². The standard InChI is InChI=1S/C15H20BrN5O4/c1-25-8-13(22)21-5-4-11(10(17)7-21)19-14(23)15(24)20-12-3-2-9(16)6-18-12/h2-3,6,10-11H,4-5,7-8,17H2,1H3,(H,19,23)(H,18,20,24)/t10-,11+/m1/s1. The Morgan fingerprint density at radius 3 is 2.76 bits per heavy atom. The summed E-state index contributed by atoms with van der Waals surface area (Å²) in [6.07, 6.45) is 1.97. The highest BCUT2D eigenvalue weighted by atomic mass is 79.9. The first-order valence-corrected chi connectivity index (χ1v) is 8.45. The fourth-order valence-corrected chi connectivity index (χ4v) is 2.69. The summed E-state index contributed by atoms with van der Waals surface area (Å²) in [6, 6.07) is 2.42. The number of nitrogens with two attached hydrogens (primary N) is 1. The van der Waals surface area contributed by atoms with Gasteiger partial charge in [-0.2, -0.15) is 0 Å². The number of ether oxygens (including phenoxy) is 1. The van der Waals surface area contributed by atoms with Crippen LogP contribution in [0.15, 0.2) is 22.8 Å². The Bertz CT molecular complexity index is 639. The monoisotopic (exact) mass is 413 g/mol. The second-order valence-corrected chi connectivity index (χ2v) is 6.54. The van der Waals surface area contributed by atoms with Gasteiger partial charge in [0.15, 0.2) is 0 Å². The van der Waals surface area contributed by atoms with Gasteiger partial charge in [0.25, 0.3) is 0 Å². The van der Waals surface area contributed by atoms with Gasteiger partial charge in [-0.25, -0.2) is 4.98 Å². The van der Waals surface area contributed by atoms with Crippen LogP contribution in [-0.2, 0) is 19.1 Å². The number of piperidine rings is 1. The lowest BCUT2D eigenvalue weighted by Crippen LogP contribution is -2.60. The molecule has 0 spiro atoms. The number of nitrogens with one attached hydrogen (secondary N) is 2. The van der Waals surface area contributed by atoms with E-state index in [0.29, 0.717) is 19.5 Å². The SMILES string of the molecule is COCC(=O)N1CC[C@H](NC(=O)C(=O)Nc2ccc(Br)cn2)[C@H](N)C1. The average molecular weight is 414 g/mol. The number of methoxy groups -OCH3 is 1. The molecule has 2 heterocycles. The van der Waals surface area contributed by atoms with Gasteiger partial charge in [-0.1, -0.05) is 0 Å². The van der Waals surface area contributed by atoms with Crippen LogP contribution in [0.2, 0.25) is 0 Å². The lowest BCUT2D eigenvalue weighted by atomic mass is 10.00. The van der Waals surface area contributed by atoms with E-state index in [0.717, 1.165) is 4.47 Å². The highest BCUT2D eigenvalue weighted by molar-refractivity contribution is 9.10. The highest BCUT2D eigenvalue weighted by Gasteiger charge is 2.31. The van der Waals surface area contributed by atoms with Crippen molar-refractivity contribution in [3.05, 3.63) is 22.8 Å². The third kappa shape index (κ3) is 5.48.